The Morgan fingerprint density at radius 2 is 2.11 bits per heavy atom. The SMILES string of the molecule is Cc1ccccc1C(=O)CN1CCCC1C(C)C. The van der Waals surface area contributed by atoms with Crippen LogP contribution in [-0.4, -0.2) is 29.8 Å². The first kappa shape index (κ1) is 13.3. The molecule has 2 rings (SSSR count). The molecule has 1 atom stereocenters. The lowest BCUT2D eigenvalue weighted by atomic mass is 10.0. The Bertz CT molecular complexity index is 425. The number of nitrogens with zero attached hydrogens (tertiary/aromatic N) is 1. The second-order valence-corrected chi connectivity index (χ2v) is 5.66. The third-order valence-corrected chi connectivity index (χ3v) is 3.98. The quantitative estimate of drug-likeness (QED) is 0.759. The van der Waals surface area contributed by atoms with E-state index in [2.05, 4.69) is 18.7 Å². The summed E-state index contributed by atoms with van der Waals surface area (Å²) in [5.41, 5.74) is 1.97. The zero-order valence-corrected chi connectivity index (χ0v) is 11.6. The number of hydrogen-bond donors (Lipinski definition) is 0. The number of carbonyl (C=O) groups is 1. The van der Waals surface area contributed by atoms with Gasteiger partial charge in [0, 0.05) is 11.6 Å². The van der Waals surface area contributed by atoms with Crippen molar-refractivity contribution in [1.29, 1.82) is 0 Å². The van der Waals surface area contributed by atoms with Gasteiger partial charge in [-0.2, -0.15) is 0 Å². The first-order chi connectivity index (χ1) is 8.59. The molecule has 0 saturated carbocycles. The summed E-state index contributed by atoms with van der Waals surface area (Å²) in [5, 5.41) is 0. The summed E-state index contributed by atoms with van der Waals surface area (Å²) in [4.78, 5) is 14.7. The number of Topliss-reactive ketones (excluding diaryl/α,β-unsaturated/α-hetero) is 1. The molecule has 1 aliphatic rings. The van der Waals surface area contributed by atoms with E-state index in [1.807, 2.05) is 31.2 Å². The van der Waals surface area contributed by atoms with Gasteiger partial charge in [-0.1, -0.05) is 38.1 Å². The highest BCUT2D eigenvalue weighted by molar-refractivity contribution is 5.98. The lowest BCUT2D eigenvalue weighted by Crippen LogP contribution is -2.37. The molecule has 1 unspecified atom stereocenters. The summed E-state index contributed by atoms with van der Waals surface area (Å²) in [5.74, 6) is 0.901. The average Bonchev–Trinajstić information content (AvgIpc) is 2.77. The van der Waals surface area contributed by atoms with Gasteiger partial charge in [0.05, 0.1) is 6.54 Å². The molecule has 1 fully saturated rings. The van der Waals surface area contributed by atoms with E-state index in [9.17, 15) is 4.79 Å². The molecule has 0 spiro atoms. The molecule has 18 heavy (non-hydrogen) atoms. The van der Waals surface area contributed by atoms with Crippen molar-refractivity contribution in [2.45, 2.75) is 39.7 Å². The topological polar surface area (TPSA) is 20.3 Å². The van der Waals surface area contributed by atoms with Crippen LogP contribution in [-0.2, 0) is 0 Å². The van der Waals surface area contributed by atoms with Gasteiger partial charge in [-0.3, -0.25) is 9.69 Å². The highest BCUT2D eigenvalue weighted by Gasteiger charge is 2.28. The highest BCUT2D eigenvalue weighted by Crippen LogP contribution is 2.24. The molecule has 1 saturated heterocycles. The van der Waals surface area contributed by atoms with E-state index in [0.717, 1.165) is 17.7 Å². The molecule has 0 aromatic heterocycles. The normalized spacial score (nSPS) is 20.6. The van der Waals surface area contributed by atoms with E-state index in [4.69, 9.17) is 0 Å². The van der Waals surface area contributed by atoms with E-state index >= 15 is 0 Å². The monoisotopic (exact) mass is 245 g/mol. The first-order valence-corrected chi connectivity index (χ1v) is 6.92. The van der Waals surface area contributed by atoms with Crippen LogP contribution in [0.4, 0.5) is 0 Å². The fourth-order valence-corrected chi connectivity index (χ4v) is 2.96. The van der Waals surface area contributed by atoms with Crippen LogP contribution in [0.25, 0.3) is 0 Å². The molecule has 98 valence electrons. The molecule has 0 amide bonds. The molecule has 1 aromatic carbocycles. The van der Waals surface area contributed by atoms with Gasteiger partial charge in [-0.05, 0) is 37.8 Å². The van der Waals surface area contributed by atoms with Crippen LogP contribution in [0.2, 0.25) is 0 Å². The van der Waals surface area contributed by atoms with Crippen molar-refractivity contribution in [2.75, 3.05) is 13.1 Å². The third-order valence-electron chi connectivity index (χ3n) is 3.98. The molecule has 0 bridgehead atoms. The maximum absolute atomic E-state index is 12.3. The number of ketones is 1. The summed E-state index contributed by atoms with van der Waals surface area (Å²) in [7, 11) is 0. The van der Waals surface area contributed by atoms with Crippen LogP contribution in [0.5, 0.6) is 0 Å². The van der Waals surface area contributed by atoms with Gasteiger partial charge in [-0.15, -0.1) is 0 Å². The van der Waals surface area contributed by atoms with Gasteiger partial charge in [0.2, 0.25) is 0 Å². The molecule has 0 aliphatic carbocycles. The van der Waals surface area contributed by atoms with Gasteiger partial charge in [0.25, 0.3) is 0 Å². The van der Waals surface area contributed by atoms with E-state index in [1.54, 1.807) is 0 Å². The molecular weight excluding hydrogens is 222 g/mol. The Kier molecular flexibility index (Phi) is 4.18. The van der Waals surface area contributed by atoms with Gasteiger partial charge in [-0.25, -0.2) is 0 Å². The van der Waals surface area contributed by atoms with Crippen molar-refractivity contribution in [3.8, 4) is 0 Å². The van der Waals surface area contributed by atoms with Crippen molar-refractivity contribution >= 4 is 5.78 Å². The van der Waals surface area contributed by atoms with Gasteiger partial charge in [0.15, 0.2) is 5.78 Å². The molecule has 0 radical (unpaired) electrons. The Hall–Kier alpha value is -1.15. The molecule has 0 N–H and O–H groups in total. The Morgan fingerprint density at radius 3 is 2.78 bits per heavy atom. The summed E-state index contributed by atoms with van der Waals surface area (Å²) in [6.45, 7) is 8.16. The minimum atomic E-state index is 0.264. The van der Waals surface area contributed by atoms with Crippen LogP contribution in [0.3, 0.4) is 0 Å². The van der Waals surface area contributed by atoms with Gasteiger partial charge < -0.3 is 0 Å². The highest BCUT2D eigenvalue weighted by atomic mass is 16.1. The van der Waals surface area contributed by atoms with Crippen molar-refractivity contribution in [1.82, 2.24) is 4.90 Å². The van der Waals surface area contributed by atoms with Crippen LogP contribution < -0.4 is 0 Å². The van der Waals surface area contributed by atoms with Crippen molar-refractivity contribution < 1.29 is 4.79 Å². The zero-order valence-electron chi connectivity index (χ0n) is 11.6. The van der Waals surface area contributed by atoms with Crippen molar-refractivity contribution in [2.24, 2.45) is 5.92 Å². The molecular formula is C16H23NO. The Labute approximate surface area is 110 Å². The van der Waals surface area contributed by atoms with E-state index in [1.165, 1.54) is 12.8 Å². The number of benzene rings is 1. The second kappa shape index (κ2) is 5.66. The zero-order chi connectivity index (χ0) is 13.1. The van der Waals surface area contributed by atoms with Crippen LogP contribution in [0.15, 0.2) is 24.3 Å². The predicted octanol–water partition coefficient (Wildman–Crippen LogP) is 3.30. The smallest absolute Gasteiger partial charge is 0.177 e. The standard InChI is InChI=1S/C16H23NO/c1-12(2)15-9-6-10-17(15)11-16(18)14-8-5-4-7-13(14)3/h4-5,7-8,12,15H,6,9-11H2,1-3H3. The third kappa shape index (κ3) is 2.81. The maximum atomic E-state index is 12.3. The fourth-order valence-electron chi connectivity index (χ4n) is 2.96. The van der Waals surface area contributed by atoms with Crippen LogP contribution in [0, 0.1) is 12.8 Å². The molecule has 1 heterocycles. The maximum Gasteiger partial charge on any atom is 0.177 e. The molecule has 1 aliphatic heterocycles. The number of aryl methyl sites for hydroxylation is 1. The minimum absolute atomic E-state index is 0.264. The number of rotatable bonds is 4. The Balaban J connectivity index is 2.06. The largest absolute Gasteiger partial charge is 0.293 e. The summed E-state index contributed by atoms with van der Waals surface area (Å²) >= 11 is 0. The lowest BCUT2D eigenvalue weighted by molar-refractivity contribution is 0.0903. The van der Waals surface area contributed by atoms with Crippen molar-refractivity contribution in [3.05, 3.63) is 35.4 Å². The molecule has 1 aromatic rings. The van der Waals surface area contributed by atoms with E-state index in [0.29, 0.717) is 18.5 Å². The number of hydrogen-bond acceptors (Lipinski definition) is 2. The van der Waals surface area contributed by atoms with Crippen LogP contribution >= 0.6 is 0 Å². The lowest BCUT2D eigenvalue weighted by Gasteiger charge is -2.27. The first-order valence-electron chi connectivity index (χ1n) is 6.92. The minimum Gasteiger partial charge on any atom is -0.293 e. The Morgan fingerprint density at radius 1 is 1.39 bits per heavy atom. The fraction of sp³-hybridized carbons (Fsp3) is 0.562. The molecule has 2 heteroatoms. The summed E-state index contributed by atoms with van der Waals surface area (Å²) in [6, 6.07) is 8.47. The average molecular weight is 245 g/mol. The molecule has 2 nitrogen and oxygen atoms in total. The second-order valence-electron chi connectivity index (χ2n) is 5.66. The van der Waals surface area contributed by atoms with Gasteiger partial charge >= 0.3 is 0 Å². The number of likely N-dealkylation sites (tertiary alicyclic amines) is 1. The van der Waals surface area contributed by atoms with Gasteiger partial charge in [0.1, 0.15) is 0 Å². The summed E-state index contributed by atoms with van der Waals surface area (Å²) in [6.07, 6.45) is 2.46. The van der Waals surface area contributed by atoms with E-state index < -0.39 is 0 Å². The summed E-state index contributed by atoms with van der Waals surface area (Å²) < 4.78 is 0. The van der Waals surface area contributed by atoms with E-state index in [-0.39, 0.29) is 5.78 Å². The predicted molar refractivity (Wildman–Crippen MR) is 74.9 cm³/mol. The van der Waals surface area contributed by atoms with Crippen LogP contribution in [0.1, 0.15) is 42.6 Å². The number of carbonyl (C=O) groups excluding carboxylic acids is 1. The van der Waals surface area contributed by atoms with Crippen molar-refractivity contribution in [3.63, 3.8) is 0 Å².